The van der Waals surface area contributed by atoms with Gasteiger partial charge in [-0.25, -0.2) is 9.71 Å². The highest BCUT2D eigenvalue weighted by Crippen LogP contribution is 2.11. The highest BCUT2D eigenvalue weighted by atomic mass is 32.2. The van der Waals surface area contributed by atoms with Gasteiger partial charge in [-0.1, -0.05) is 0 Å². The molecule has 1 aromatic rings. The van der Waals surface area contributed by atoms with Crippen molar-refractivity contribution < 1.29 is 8.42 Å². The zero-order valence-corrected chi connectivity index (χ0v) is 8.95. The second-order valence-corrected chi connectivity index (χ2v) is 5.06. The molecule has 0 spiro atoms. The molecule has 0 aliphatic carbocycles. The Labute approximate surface area is 81.4 Å². The number of hydrogen-bond donors (Lipinski definition) is 2. The Balaban J connectivity index is 2.63. The third-order valence-corrected chi connectivity index (χ3v) is 3.11. The van der Waals surface area contributed by atoms with E-state index < -0.39 is 10.2 Å². The largest absolute Gasteiger partial charge is 0.301 e. The van der Waals surface area contributed by atoms with Crippen molar-refractivity contribution in [2.24, 2.45) is 0 Å². The molecule has 0 unspecified atom stereocenters. The minimum Gasteiger partial charge on any atom is -0.246 e. The molecule has 13 heavy (non-hydrogen) atoms. The van der Waals surface area contributed by atoms with Gasteiger partial charge in [0.1, 0.15) is 0 Å². The van der Waals surface area contributed by atoms with Crippen LogP contribution < -0.4 is 9.44 Å². The van der Waals surface area contributed by atoms with Gasteiger partial charge in [0.15, 0.2) is 5.13 Å². The van der Waals surface area contributed by atoms with Crippen molar-refractivity contribution >= 4 is 26.7 Å². The van der Waals surface area contributed by atoms with Gasteiger partial charge < -0.3 is 0 Å². The van der Waals surface area contributed by atoms with Gasteiger partial charge in [-0.2, -0.15) is 13.1 Å². The molecule has 1 aromatic heterocycles. The number of anilines is 1. The lowest BCUT2D eigenvalue weighted by Gasteiger charge is -2.08. The Morgan fingerprint density at radius 1 is 1.54 bits per heavy atom. The monoisotopic (exact) mass is 221 g/mol. The number of rotatable bonds is 4. The molecule has 2 N–H and O–H groups in total. The summed E-state index contributed by atoms with van der Waals surface area (Å²) < 4.78 is 27.2. The molecular weight excluding hydrogens is 210 g/mol. The fraction of sp³-hybridized carbons (Fsp3) is 0.500. The van der Waals surface area contributed by atoms with Crippen LogP contribution in [0.3, 0.4) is 0 Å². The van der Waals surface area contributed by atoms with Gasteiger partial charge in [-0.3, -0.25) is 0 Å². The Hall–Kier alpha value is -0.660. The molecule has 0 aliphatic rings. The number of aromatic nitrogens is 1. The zero-order chi connectivity index (χ0) is 9.90. The SMILES string of the molecule is CC(C)NS(=O)(=O)Nc1nccs1. The van der Waals surface area contributed by atoms with Crippen LogP contribution in [0.2, 0.25) is 0 Å². The predicted molar refractivity (Wildman–Crippen MR) is 52.9 cm³/mol. The Bertz CT molecular complexity index is 344. The number of hydrogen-bond acceptors (Lipinski definition) is 4. The van der Waals surface area contributed by atoms with E-state index in [1.165, 1.54) is 17.5 Å². The lowest BCUT2D eigenvalue weighted by atomic mass is 10.4. The van der Waals surface area contributed by atoms with Crippen molar-refractivity contribution in [1.82, 2.24) is 9.71 Å². The van der Waals surface area contributed by atoms with Gasteiger partial charge in [-0.05, 0) is 13.8 Å². The minimum absolute atomic E-state index is 0.127. The van der Waals surface area contributed by atoms with Crippen LogP contribution in [0.4, 0.5) is 5.13 Å². The zero-order valence-electron chi connectivity index (χ0n) is 7.31. The van der Waals surface area contributed by atoms with Crippen LogP contribution in [0.5, 0.6) is 0 Å². The highest BCUT2D eigenvalue weighted by Gasteiger charge is 2.11. The molecule has 7 heteroatoms. The molecular formula is C6H11N3O2S2. The van der Waals surface area contributed by atoms with Crippen LogP contribution in [0, 0.1) is 0 Å². The maximum Gasteiger partial charge on any atom is 0.301 e. The third kappa shape index (κ3) is 3.71. The van der Waals surface area contributed by atoms with Crippen LogP contribution >= 0.6 is 11.3 Å². The molecule has 0 saturated carbocycles. The molecule has 1 rings (SSSR count). The van der Waals surface area contributed by atoms with Gasteiger partial charge in [0, 0.05) is 17.6 Å². The van der Waals surface area contributed by atoms with Gasteiger partial charge in [0.05, 0.1) is 0 Å². The molecule has 0 aliphatic heterocycles. The molecule has 0 amide bonds. The molecule has 0 saturated heterocycles. The van der Waals surface area contributed by atoms with E-state index in [9.17, 15) is 8.42 Å². The average Bonchev–Trinajstić information content (AvgIpc) is 2.34. The molecule has 1 heterocycles. The first kappa shape index (κ1) is 10.4. The fourth-order valence-corrected chi connectivity index (χ4v) is 2.58. The van der Waals surface area contributed by atoms with Gasteiger partial charge in [-0.15, -0.1) is 11.3 Å². The summed E-state index contributed by atoms with van der Waals surface area (Å²) in [7, 11) is -3.46. The van der Waals surface area contributed by atoms with E-state index in [0.717, 1.165) is 0 Å². The van der Waals surface area contributed by atoms with E-state index in [1.54, 1.807) is 19.2 Å². The summed E-state index contributed by atoms with van der Waals surface area (Å²) >= 11 is 1.24. The quantitative estimate of drug-likeness (QED) is 0.790. The standard InChI is InChI=1S/C6H11N3O2S2/c1-5(2)8-13(10,11)9-6-7-3-4-12-6/h3-5,8H,1-2H3,(H,7,9). The van der Waals surface area contributed by atoms with E-state index in [0.29, 0.717) is 5.13 Å². The van der Waals surface area contributed by atoms with Crippen molar-refractivity contribution in [3.8, 4) is 0 Å². The predicted octanol–water partition coefficient (Wildman–Crippen LogP) is 0.798. The van der Waals surface area contributed by atoms with Crippen LogP contribution in [-0.2, 0) is 10.2 Å². The van der Waals surface area contributed by atoms with E-state index in [1.807, 2.05) is 0 Å². The normalized spacial score (nSPS) is 11.9. The van der Waals surface area contributed by atoms with Crippen molar-refractivity contribution in [3.63, 3.8) is 0 Å². The number of thiazole rings is 1. The minimum atomic E-state index is -3.46. The average molecular weight is 221 g/mol. The number of nitrogens with one attached hydrogen (secondary N) is 2. The van der Waals surface area contributed by atoms with Gasteiger partial charge >= 0.3 is 10.2 Å². The maximum absolute atomic E-state index is 11.3. The second-order valence-electron chi connectivity index (χ2n) is 2.72. The molecule has 0 atom stereocenters. The van der Waals surface area contributed by atoms with E-state index in [2.05, 4.69) is 14.4 Å². The second kappa shape index (κ2) is 4.03. The first-order chi connectivity index (χ1) is 5.99. The van der Waals surface area contributed by atoms with Crippen molar-refractivity contribution in [3.05, 3.63) is 11.6 Å². The van der Waals surface area contributed by atoms with Gasteiger partial charge in [0.25, 0.3) is 0 Å². The van der Waals surface area contributed by atoms with Crippen LogP contribution in [0.25, 0.3) is 0 Å². The fourth-order valence-electron chi connectivity index (χ4n) is 0.729. The lowest BCUT2D eigenvalue weighted by Crippen LogP contribution is -2.35. The Morgan fingerprint density at radius 3 is 2.69 bits per heavy atom. The molecule has 0 aromatic carbocycles. The Kier molecular flexibility index (Phi) is 3.23. The van der Waals surface area contributed by atoms with Gasteiger partial charge in [0.2, 0.25) is 0 Å². The Morgan fingerprint density at radius 2 is 2.23 bits per heavy atom. The van der Waals surface area contributed by atoms with Crippen LogP contribution in [0.15, 0.2) is 11.6 Å². The highest BCUT2D eigenvalue weighted by molar-refractivity contribution is 7.91. The first-order valence-electron chi connectivity index (χ1n) is 3.69. The van der Waals surface area contributed by atoms with Crippen molar-refractivity contribution in [2.45, 2.75) is 19.9 Å². The maximum atomic E-state index is 11.3. The number of nitrogens with zero attached hydrogens (tertiary/aromatic N) is 1. The summed E-state index contributed by atoms with van der Waals surface area (Å²) in [5, 5.41) is 2.07. The van der Waals surface area contributed by atoms with E-state index >= 15 is 0 Å². The first-order valence-corrected chi connectivity index (χ1v) is 6.05. The van der Waals surface area contributed by atoms with E-state index in [4.69, 9.17) is 0 Å². The summed E-state index contributed by atoms with van der Waals surface area (Å²) in [5.74, 6) is 0. The molecule has 0 fully saturated rings. The molecule has 5 nitrogen and oxygen atoms in total. The summed E-state index contributed by atoms with van der Waals surface area (Å²) in [6.45, 7) is 3.50. The molecule has 0 radical (unpaired) electrons. The summed E-state index contributed by atoms with van der Waals surface area (Å²) in [6, 6.07) is -0.127. The lowest BCUT2D eigenvalue weighted by molar-refractivity contribution is 0.575. The van der Waals surface area contributed by atoms with Crippen molar-refractivity contribution in [1.29, 1.82) is 0 Å². The van der Waals surface area contributed by atoms with E-state index in [-0.39, 0.29) is 6.04 Å². The summed E-state index contributed by atoms with van der Waals surface area (Å²) in [5.41, 5.74) is 0. The van der Waals surface area contributed by atoms with Crippen molar-refractivity contribution in [2.75, 3.05) is 4.72 Å². The van der Waals surface area contributed by atoms with Crippen LogP contribution in [-0.4, -0.2) is 19.4 Å². The molecule has 0 bridgehead atoms. The topological polar surface area (TPSA) is 71.1 Å². The summed E-state index contributed by atoms with van der Waals surface area (Å²) in [4.78, 5) is 3.80. The smallest absolute Gasteiger partial charge is 0.246 e. The molecule has 74 valence electrons. The third-order valence-electron chi connectivity index (χ3n) is 1.04. The van der Waals surface area contributed by atoms with Crippen LogP contribution in [0.1, 0.15) is 13.8 Å². The summed E-state index contributed by atoms with van der Waals surface area (Å²) in [6.07, 6.45) is 1.54.